The van der Waals surface area contributed by atoms with Gasteiger partial charge in [-0.1, -0.05) is 41.9 Å². The van der Waals surface area contributed by atoms with Crippen molar-refractivity contribution in [3.05, 3.63) is 70.0 Å². The Bertz CT molecular complexity index is 1160. The quantitative estimate of drug-likeness (QED) is 0.246. The Kier molecular flexibility index (Phi) is 9.77. The van der Waals surface area contributed by atoms with Gasteiger partial charge in [0.15, 0.2) is 5.78 Å². The maximum Gasteiger partial charge on any atom is 0.304 e. The van der Waals surface area contributed by atoms with E-state index >= 15 is 0 Å². The lowest BCUT2D eigenvalue weighted by atomic mass is 9.96. The van der Waals surface area contributed by atoms with Crippen molar-refractivity contribution in [2.75, 3.05) is 13.1 Å². The molecule has 0 spiro atoms. The van der Waals surface area contributed by atoms with Gasteiger partial charge in [-0.2, -0.15) is 0 Å². The van der Waals surface area contributed by atoms with Crippen LogP contribution < -0.4 is 11.1 Å². The number of halogens is 2. The van der Waals surface area contributed by atoms with Gasteiger partial charge in [-0.05, 0) is 55.4 Å². The van der Waals surface area contributed by atoms with E-state index in [0.29, 0.717) is 31.4 Å². The number of nitrogens with zero attached hydrogens (tertiary/aromatic N) is 1. The predicted octanol–water partition coefficient (Wildman–Crippen LogP) is 3.18. The molecule has 10 heteroatoms. The van der Waals surface area contributed by atoms with E-state index in [2.05, 4.69) is 5.32 Å². The number of benzene rings is 2. The van der Waals surface area contributed by atoms with E-state index < -0.39 is 23.9 Å². The van der Waals surface area contributed by atoms with Crippen molar-refractivity contribution in [3.8, 4) is 0 Å². The number of rotatable bonds is 12. The number of nitrogen functional groups attached to an aromatic ring is 1. The van der Waals surface area contributed by atoms with E-state index in [4.69, 9.17) is 27.9 Å². The molecule has 0 bridgehead atoms. The Morgan fingerprint density at radius 3 is 2.49 bits per heavy atom. The van der Waals surface area contributed by atoms with E-state index in [9.17, 15) is 18.8 Å². The van der Waals surface area contributed by atoms with Crippen LogP contribution in [0.15, 0.2) is 42.5 Å². The van der Waals surface area contributed by atoms with Crippen LogP contribution in [0.3, 0.4) is 0 Å². The Balaban J connectivity index is 1.58. The van der Waals surface area contributed by atoms with Crippen LogP contribution in [0, 0.1) is 17.1 Å². The summed E-state index contributed by atoms with van der Waals surface area (Å²) in [6, 6.07) is 10.4. The van der Waals surface area contributed by atoms with Gasteiger partial charge in [-0.3, -0.25) is 24.7 Å². The molecule has 1 amide bonds. The molecule has 0 unspecified atom stereocenters. The fourth-order valence-electron chi connectivity index (χ4n) is 4.63. The fraction of sp³-hybridized carbons (Fsp3) is 0.407. The Hall–Kier alpha value is -3.30. The molecule has 5 N–H and O–H groups in total. The first-order valence-corrected chi connectivity index (χ1v) is 12.6. The first-order valence-electron chi connectivity index (χ1n) is 12.2. The molecule has 2 aromatic rings. The number of nitrogens with two attached hydrogens (primary N) is 1. The number of hydrogen-bond donors (Lipinski definition) is 4. The molecule has 2 aromatic carbocycles. The molecular weight excluding hydrogens is 499 g/mol. The molecule has 198 valence electrons. The maximum atomic E-state index is 13.5. The van der Waals surface area contributed by atoms with E-state index in [1.54, 1.807) is 31.2 Å². The third kappa shape index (κ3) is 8.10. The number of hydrogen-bond acceptors (Lipinski definition) is 5. The molecule has 0 aliphatic carbocycles. The molecule has 1 fully saturated rings. The molecule has 0 saturated carbocycles. The minimum Gasteiger partial charge on any atom is -0.481 e. The highest BCUT2D eigenvalue weighted by atomic mass is 35.5. The van der Waals surface area contributed by atoms with Crippen molar-refractivity contribution < 1.29 is 23.9 Å². The molecule has 1 saturated heterocycles. The SMILES string of the molecule is C[C@H](NC(=O)[C@H]1C[C@H](Cc2ccc(F)c(Cl)c2)CN1CCC(=O)O)C(=O)CCc1ccc(C(=N)N)cc1. The number of carbonyl (C=O) groups excluding carboxylic acids is 2. The normalized spacial score (nSPS) is 18.4. The maximum absolute atomic E-state index is 13.5. The number of amides is 1. The summed E-state index contributed by atoms with van der Waals surface area (Å²) < 4.78 is 13.5. The molecular formula is C27H32ClFN4O4. The van der Waals surface area contributed by atoms with Crippen LogP contribution in [0.4, 0.5) is 4.39 Å². The van der Waals surface area contributed by atoms with Crippen LogP contribution >= 0.6 is 11.6 Å². The smallest absolute Gasteiger partial charge is 0.304 e. The molecule has 1 aliphatic rings. The molecule has 0 aromatic heterocycles. The van der Waals surface area contributed by atoms with Crippen molar-refractivity contribution in [1.82, 2.24) is 10.2 Å². The van der Waals surface area contributed by atoms with Crippen molar-refractivity contribution in [3.63, 3.8) is 0 Å². The molecule has 1 heterocycles. The number of carboxylic acids is 1. The molecule has 0 radical (unpaired) electrons. The van der Waals surface area contributed by atoms with Gasteiger partial charge in [0.05, 0.1) is 23.5 Å². The molecule has 3 rings (SSSR count). The number of nitrogens with one attached hydrogen (secondary N) is 2. The van der Waals surface area contributed by atoms with Gasteiger partial charge in [-0.25, -0.2) is 4.39 Å². The third-order valence-electron chi connectivity index (χ3n) is 6.68. The van der Waals surface area contributed by atoms with Gasteiger partial charge in [-0.15, -0.1) is 0 Å². The zero-order chi connectivity index (χ0) is 27.1. The van der Waals surface area contributed by atoms with Crippen LogP contribution in [0.5, 0.6) is 0 Å². The van der Waals surface area contributed by atoms with E-state index in [0.717, 1.165) is 11.1 Å². The summed E-state index contributed by atoms with van der Waals surface area (Å²) in [5.41, 5.74) is 7.84. The highest BCUT2D eigenvalue weighted by Crippen LogP contribution is 2.28. The van der Waals surface area contributed by atoms with Crippen molar-refractivity contribution in [2.45, 2.75) is 51.1 Å². The first kappa shape index (κ1) is 28.3. The van der Waals surface area contributed by atoms with Crippen LogP contribution in [0.1, 0.15) is 42.9 Å². The lowest BCUT2D eigenvalue weighted by Crippen LogP contribution is -2.48. The van der Waals surface area contributed by atoms with Crippen LogP contribution in [0.2, 0.25) is 5.02 Å². The van der Waals surface area contributed by atoms with E-state index in [1.165, 1.54) is 6.07 Å². The summed E-state index contributed by atoms with van der Waals surface area (Å²) in [7, 11) is 0. The largest absolute Gasteiger partial charge is 0.481 e. The van der Waals surface area contributed by atoms with Gasteiger partial charge >= 0.3 is 5.97 Å². The minimum absolute atomic E-state index is 0.0213. The third-order valence-corrected chi connectivity index (χ3v) is 6.97. The number of likely N-dealkylation sites (tertiary alicyclic amines) is 1. The second kappa shape index (κ2) is 12.8. The number of carbonyl (C=O) groups is 3. The zero-order valence-electron chi connectivity index (χ0n) is 20.7. The first-order chi connectivity index (χ1) is 17.5. The summed E-state index contributed by atoms with van der Waals surface area (Å²) in [4.78, 5) is 38.8. The predicted molar refractivity (Wildman–Crippen MR) is 139 cm³/mol. The highest BCUT2D eigenvalue weighted by Gasteiger charge is 2.37. The minimum atomic E-state index is -0.951. The topological polar surface area (TPSA) is 137 Å². The van der Waals surface area contributed by atoms with E-state index in [-0.39, 0.29) is 47.9 Å². The lowest BCUT2D eigenvalue weighted by molar-refractivity contribution is -0.138. The average Bonchev–Trinajstić information content (AvgIpc) is 3.26. The average molecular weight is 531 g/mol. The summed E-state index contributed by atoms with van der Waals surface area (Å²) in [5.74, 6) is -1.84. The highest BCUT2D eigenvalue weighted by molar-refractivity contribution is 6.30. The second-order valence-corrected chi connectivity index (χ2v) is 9.92. The van der Waals surface area contributed by atoms with Crippen LogP contribution in [0.25, 0.3) is 0 Å². The van der Waals surface area contributed by atoms with Gasteiger partial charge in [0.2, 0.25) is 5.91 Å². The number of Topliss-reactive ketones (excluding diaryl/α,β-unsaturated/α-hetero) is 1. The van der Waals surface area contributed by atoms with Crippen molar-refractivity contribution in [1.29, 1.82) is 5.41 Å². The Labute approximate surface area is 220 Å². The number of amidine groups is 1. The number of carboxylic acid groups (broad SMARTS) is 1. The number of aryl methyl sites for hydroxylation is 1. The number of aliphatic carboxylic acids is 1. The van der Waals surface area contributed by atoms with E-state index in [1.807, 2.05) is 17.0 Å². The summed E-state index contributed by atoms with van der Waals surface area (Å²) in [6.45, 7) is 2.37. The Morgan fingerprint density at radius 2 is 1.86 bits per heavy atom. The molecule has 8 nitrogen and oxygen atoms in total. The molecule has 3 atom stereocenters. The van der Waals surface area contributed by atoms with Gasteiger partial charge < -0.3 is 16.2 Å². The van der Waals surface area contributed by atoms with Crippen molar-refractivity contribution >= 4 is 35.1 Å². The molecule has 37 heavy (non-hydrogen) atoms. The summed E-state index contributed by atoms with van der Waals surface area (Å²) >= 11 is 5.90. The van der Waals surface area contributed by atoms with Crippen LogP contribution in [-0.4, -0.2) is 58.7 Å². The second-order valence-electron chi connectivity index (χ2n) is 9.52. The summed E-state index contributed by atoms with van der Waals surface area (Å²) in [6.07, 6.45) is 1.69. The van der Waals surface area contributed by atoms with Gasteiger partial charge in [0, 0.05) is 25.1 Å². The monoisotopic (exact) mass is 530 g/mol. The number of ketones is 1. The Morgan fingerprint density at radius 1 is 1.19 bits per heavy atom. The van der Waals surface area contributed by atoms with Gasteiger partial charge in [0.25, 0.3) is 0 Å². The standard InChI is InChI=1S/C27H32ClFN4O4/c1-16(24(34)9-5-17-2-6-20(7-3-17)26(30)31)32-27(37)23-14-19(15-33(23)11-10-25(35)36)12-18-4-8-22(29)21(28)13-18/h2-4,6-8,13,16,19,23H,5,9-12,14-15H2,1H3,(H3,30,31)(H,32,37)(H,35,36)/t16-,19-,23+/m0/s1. The summed E-state index contributed by atoms with van der Waals surface area (Å²) in [5, 5.41) is 19.4. The zero-order valence-corrected chi connectivity index (χ0v) is 21.4. The van der Waals surface area contributed by atoms with Gasteiger partial charge in [0.1, 0.15) is 11.7 Å². The van der Waals surface area contributed by atoms with Crippen LogP contribution in [-0.2, 0) is 27.2 Å². The molecule has 1 aliphatic heterocycles. The fourth-order valence-corrected chi connectivity index (χ4v) is 4.83. The lowest BCUT2D eigenvalue weighted by Gasteiger charge is -2.24. The van der Waals surface area contributed by atoms with Crippen molar-refractivity contribution in [2.24, 2.45) is 11.7 Å².